The molecule has 0 amide bonds. The molecule has 0 aromatic carbocycles. The minimum atomic E-state index is -4.67. The van der Waals surface area contributed by atoms with Crippen molar-refractivity contribution in [3.63, 3.8) is 0 Å². The lowest BCUT2D eigenvalue weighted by Gasteiger charge is -2.20. The molecule has 10 heteroatoms. The predicted octanol–water partition coefficient (Wildman–Crippen LogP) is 2.18. The van der Waals surface area contributed by atoms with Crippen molar-refractivity contribution in [3.05, 3.63) is 29.6 Å². The van der Waals surface area contributed by atoms with Gasteiger partial charge in [-0.25, -0.2) is 0 Å². The Morgan fingerprint density at radius 2 is 1.90 bits per heavy atom. The standard InChI is InChI=1S/C10H11F6N3O/c11-9(12,13)5-20-4-8(19-17)6-3-18-2-1-7(6)10(14,15)16/h1-3,8,19H,4-5,17H2. The van der Waals surface area contributed by atoms with E-state index in [0.717, 1.165) is 12.4 Å². The lowest BCUT2D eigenvalue weighted by atomic mass is 10.0. The van der Waals surface area contributed by atoms with Crippen LogP contribution < -0.4 is 11.3 Å². The highest BCUT2D eigenvalue weighted by atomic mass is 19.4. The molecule has 1 heterocycles. The van der Waals surface area contributed by atoms with E-state index >= 15 is 0 Å². The van der Waals surface area contributed by atoms with Gasteiger partial charge < -0.3 is 4.74 Å². The van der Waals surface area contributed by atoms with Gasteiger partial charge in [0.05, 0.1) is 18.2 Å². The molecule has 0 spiro atoms. The number of alkyl halides is 6. The van der Waals surface area contributed by atoms with E-state index in [2.05, 4.69) is 9.72 Å². The number of rotatable bonds is 5. The molecule has 20 heavy (non-hydrogen) atoms. The Bertz CT molecular complexity index is 434. The maximum Gasteiger partial charge on any atom is 0.416 e. The summed E-state index contributed by atoms with van der Waals surface area (Å²) < 4.78 is 78.3. The Morgan fingerprint density at radius 3 is 2.40 bits per heavy atom. The van der Waals surface area contributed by atoms with Crippen molar-refractivity contribution in [3.8, 4) is 0 Å². The SMILES string of the molecule is NNC(COCC(F)(F)F)c1cnccc1C(F)(F)F. The number of hydrazine groups is 1. The summed E-state index contributed by atoms with van der Waals surface area (Å²) in [6.07, 6.45) is -7.43. The fourth-order valence-electron chi connectivity index (χ4n) is 1.46. The van der Waals surface area contributed by atoms with E-state index in [4.69, 9.17) is 5.84 Å². The van der Waals surface area contributed by atoms with E-state index in [1.165, 1.54) is 0 Å². The van der Waals surface area contributed by atoms with Crippen LogP contribution >= 0.6 is 0 Å². The third kappa shape index (κ3) is 4.94. The van der Waals surface area contributed by atoms with Crippen LogP contribution in [0.2, 0.25) is 0 Å². The van der Waals surface area contributed by atoms with Crippen molar-refractivity contribution >= 4 is 0 Å². The molecule has 0 saturated heterocycles. The van der Waals surface area contributed by atoms with Crippen LogP contribution in [0.25, 0.3) is 0 Å². The number of nitrogens with two attached hydrogens (primary N) is 1. The molecular weight excluding hydrogens is 292 g/mol. The number of nitrogens with one attached hydrogen (secondary N) is 1. The van der Waals surface area contributed by atoms with E-state index in [9.17, 15) is 26.3 Å². The Kier molecular flexibility index (Phi) is 5.31. The first-order valence-electron chi connectivity index (χ1n) is 5.27. The van der Waals surface area contributed by atoms with Gasteiger partial charge in [0.2, 0.25) is 0 Å². The molecule has 114 valence electrons. The first-order valence-corrected chi connectivity index (χ1v) is 5.27. The highest BCUT2D eigenvalue weighted by Crippen LogP contribution is 2.34. The molecule has 1 unspecified atom stereocenters. The molecule has 0 saturated carbocycles. The van der Waals surface area contributed by atoms with Crippen molar-refractivity contribution in [2.75, 3.05) is 13.2 Å². The smallest absolute Gasteiger partial charge is 0.370 e. The summed E-state index contributed by atoms with van der Waals surface area (Å²) in [6, 6.07) is -0.550. The molecule has 1 aromatic rings. The molecule has 1 aromatic heterocycles. The Balaban J connectivity index is 2.85. The third-order valence-corrected chi connectivity index (χ3v) is 2.28. The van der Waals surface area contributed by atoms with Crippen LogP contribution in [0.15, 0.2) is 18.5 Å². The molecule has 1 atom stereocenters. The Labute approximate surface area is 109 Å². The maximum atomic E-state index is 12.7. The number of hydrogen-bond acceptors (Lipinski definition) is 4. The van der Waals surface area contributed by atoms with Crippen molar-refractivity contribution < 1.29 is 31.1 Å². The van der Waals surface area contributed by atoms with Crippen LogP contribution in [0, 0.1) is 0 Å². The Hall–Kier alpha value is -1.39. The molecule has 0 aliphatic heterocycles. The number of hydrogen-bond donors (Lipinski definition) is 2. The second-order valence-corrected chi connectivity index (χ2v) is 3.81. The van der Waals surface area contributed by atoms with E-state index in [1.54, 1.807) is 0 Å². The summed E-state index contributed by atoms with van der Waals surface area (Å²) in [5.74, 6) is 5.06. The molecule has 0 aliphatic rings. The minimum absolute atomic E-state index is 0.385. The summed E-state index contributed by atoms with van der Waals surface area (Å²) in [6.45, 7) is -2.25. The van der Waals surface area contributed by atoms with Gasteiger partial charge in [0.25, 0.3) is 0 Å². The summed E-state index contributed by atoms with van der Waals surface area (Å²) in [7, 11) is 0. The first kappa shape index (κ1) is 16.7. The molecule has 0 fully saturated rings. The van der Waals surface area contributed by atoms with Crippen LogP contribution in [0.5, 0.6) is 0 Å². The van der Waals surface area contributed by atoms with Gasteiger partial charge in [-0.15, -0.1) is 0 Å². The highest BCUT2D eigenvalue weighted by Gasteiger charge is 2.35. The van der Waals surface area contributed by atoms with Gasteiger partial charge in [0.1, 0.15) is 6.61 Å². The molecular formula is C10H11F6N3O. The summed E-state index contributed by atoms with van der Waals surface area (Å²) in [5, 5.41) is 0. The van der Waals surface area contributed by atoms with Crippen LogP contribution in [0.4, 0.5) is 26.3 Å². The van der Waals surface area contributed by atoms with Gasteiger partial charge in [-0.1, -0.05) is 0 Å². The van der Waals surface area contributed by atoms with Crippen molar-refractivity contribution in [1.82, 2.24) is 10.4 Å². The molecule has 0 aliphatic carbocycles. The average molecular weight is 303 g/mol. The normalized spacial score (nSPS) is 14.3. The molecule has 0 bridgehead atoms. The second kappa shape index (κ2) is 6.37. The van der Waals surface area contributed by atoms with Gasteiger partial charge in [-0.2, -0.15) is 26.3 Å². The van der Waals surface area contributed by atoms with Crippen LogP contribution in [0.3, 0.4) is 0 Å². The maximum absolute atomic E-state index is 12.7. The zero-order chi connectivity index (χ0) is 15.4. The monoisotopic (exact) mass is 303 g/mol. The number of aromatic nitrogens is 1. The van der Waals surface area contributed by atoms with Crippen LogP contribution in [-0.4, -0.2) is 24.4 Å². The van der Waals surface area contributed by atoms with Gasteiger partial charge in [0.15, 0.2) is 0 Å². The number of pyridine rings is 1. The molecule has 0 radical (unpaired) electrons. The summed E-state index contributed by atoms with van der Waals surface area (Å²) >= 11 is 0. The zero-order valence-electron chi connectivity index (χ0n) is 9.92. The average Bonchev–Trinajstić information content (AvgIpc) is 2.32. The quantitative estimate of drug-likeness (QED) is 0.497. The second-order valence-electron chi connectivity index (χ2n) is 3.81. The summed E-state index contributed by atoms with van der Waals surface area (Å²) in [5.41, 5.74) is 0.564. The third-order valence-electron chi connectivity index (χ3n) is 2.28. The largest absolute Gasteiger partial charge is 0.416 e. The lowest BCUT2D eigenvalue weighted by Crippen LogP contribution is -2.34. The van der Waals surface area contributed by atoms with Crippen LogP contribution in [0.1, 0.15) is 17.2 Å². The lowest BCUT2D eigenvalue weighted by molar-refractivity contribution is -0.175. The highest BCUT2D eigenvalue weighted by molar-refractivity contribution is 5.29. The fourth-order valence-corrected chi connectivity index (χ4v) is 1.46. The van der Waals surface area contributed by atoms with E-state index in [-0.39, 0.29) is 5.56 Å². The van der Waals surface area contributed by atoms with E-state index < -0.39 is 37.2 Å². The van der Waals surface area contributed by atoms with Crippen molar-refractivity contribution in [2.45, 2.75) is 18.4 Å². The van der Waals surface area contributed by atoms with E-state index in [0.29, 0.717) is 6.07 Å². The van der Waals surface area contributed by atoms with Gasteiger partial charge in [-0.3, -0.25) is 16.3 Å². The summed E-state index contributed by atoms with van der Waals surface area (Å²) in [4.78, 5) is 3.51. The Morgan fingerprint density at radius 1 is 1.25 bits per heavy atom. The topological polar surface area (TPSA) is 60.2 Å². The molecule has 3 N–H and O–H groups in total. The van der Waals surface area contributed by atoms with Crippen molar-refractivity contribution in [1.29, 1.82) is 0 Å². The molecule has 4 nitrogen and oxygen atoms in total. The number of ether oxygens (including phenoxy) is 1. The predicted molar refractivity (Wildman–Crippen MR) is 56.2 cm³/mol. The molecule has 1 rings (SSSR count). The first-order chi connectivity index (χ1) is 9.15. The van der Waals surface area contributed by atoms with Gasteiger partial charge in [-0.05, 0) is 6.07 Å². The van der Waals surface area contributed by atoms with Crippen LogP contribution in [-0.2, 0) is 10.9 Å². The fraction of sp³-hybridized carbons (Fsp3) is 0.500. The zero-order valence-corrected chi connectivity index (χ0v) is 9.92. The van der Waals surface area contributed by atoms with Gasteiger partial charge >= 0.3 is 12.4 Å². The van der Waals surface area contributed by atoms with E-state index in [1.807, 2.05) is 5.43 Å². The van der Waals surface area contributed by atoms with Gasteiger partial charge in [0, 0.05) is 18.0 Å². The number of nitrogens with zero attached hydrogens (tertiary/aromatic N) is 1. The van der Waals surface area contributed by atoms with Crippen molar-refractivity contribution in [2.24, 2.45) is 5.84 Å². The minimum Gasteiger partial charge on any atom is -0.370 e. The number of halogens is 6.